The molecule has 0 aliphatic carbocycles. The molecule has 160 valence electrons. The van der Waals surface area contributed by atoms with Crippen LogP contribution in [0, 0.1) is 15.6 Å². The molecule has 2 rings (SSSR count). The number of hydroxylamine groups is 2. The van der Waals surface area contributed by atoms with Crippen molar-refractivity contribution in [2.24, 2.45) is 0 Å². The van der Waals surface area contributed by atoms with E-state index in [9.17, 15) is 30.8 Å². The normalized spacial score (nSPS) is 20.2. The molecule has 0 saturated carbocycles. The second-order valence-electron chi connectivity index (χ2n) is 6.12. The van der Waals surface area contributed by atoms with E-state index >= 15 is 0 Å². The van der Waals surface area contributed by atoms with Crippen LogP contribution in [0.5, 0.6) is 0 Å². The lowest BCUT2D eigenvalue weighted by atomic mass is 9.84. The second-order valence-corrected chi connectivity index (χ2v) is 6.12. The standard InChI is InChI=1S/C16H22N4O9/c1-9-13(16(21)28-6-7-29-20(26)27)14(15(19(24)25)10(2)17-9)11-4-3-5-12(8-11)18(22)23/h3-5,8,14,17-20,22,24,26H,6-7H2,1-2H3/t14-/m0/s1. The minimum atomic E-state index is -1.52. The molecular formula is C16H22N4O9. The van der Waals surface area contributed by atoms with E-state index in [-0.39, 0.29) is 35.7 Å². The number of ether oxygens (including phenoxy) is 1. The van der Waals surface area contributed by atoms with Crippen LogP contribution < -0.4 is 21.2 Å². The predicted molar refractivity (Wildman–Crippen MR) is 92.6 cm³/mol. The number of hydrogen-bond donors (Lipinski definition) is 7. The highest BCUT2D eigenvalue weighted by atomic mass is 17.1. The second kappa shape index (κ2) is 9.86. The van der Waals surface area contributed by atoms with E-state index in [0.29, 0.717) is 11.4 Å². The number of nitrogens with one attached hydrogen (secondary N) is 4. The van der Waals surface area contributed by atoms with Crippen LogP contribution in [0.3, 0.4) is 0 Å². The quantitative estimate of drug-likeness (QED) is 0.134. The first-order valence-electron chi connectivity index (χ1n) is 8.41. The Morgan fingerprint density at radius 2 is 1.79 bits per heavy atom. The Labute approximate surface area is 164 Å². The van der Waals surface area contributed by atoms with Crippen molar-refractivity contribution in [2.75, 3.05) is 13.2 Å². The number of quaternary nitrogens is 3. The largest absolute Gasteiger partial charge is 0.595 e. The number of carbonyl (C=O) groups is 1. The molecule has 4 atom stereocenters. The van der Waals surface area contributed by atoms with Crippen molar-refractivity contribution >= 4 is 11.7 Å². The molecule has 1 aromatic rings. The molecule has 3 unspecified atom stereocenters. The van der Waals surface area contributed by atoms with Gasteiger partial charge in [-0.05, 0) is 19.4 Å². The maximum Gasteiger partial charge on any atom is 0.337 e. The van der Waals surface area contributed by atoms with Gasteiger partial charge in [-0.1, -0.05) is 17.5 Å². The smallest absolute Gasteiger partial charge is 0.337 e. The lowest BCUT2D eigenvalue weighted by Gasteiger charge is -2.32. The first-order valence-corrected chi connectivity index (χ1v) is 8.41. The molecule has 13 nitrogen and oxygen atoms in total. The van der Waals surface area contributed by atoms with Crippen LogP contribution in [0.15, 0.2) is 46.9 Å². The van der Waals surface area contributed by atoms with Gasteiger partial charge in [0.15, 0.2) is 11.4 Å². The van der Waals surface area contributed by atoms with Gasteiger partial charge in [-0.3, -0.25) is 0 Å². The fourth-order valence-corrected chi connectivity index (χ4v) is 3.07. The molecule has 0 fully saturated rings. The topological polar surface area (TPSA) is 191 Å². The summed E-state index contributed by atoms with van der Waals surface area (Å²) in [5, 5.41) is 59.8. The number of dihydropyridines is 1. The average Bonchev–Trinajstić information content (AvgIpc) is 2.64. The van der Waals surface area contributed by atoms with Gasteiger partial charge in [0.25, 0.3) is 0 Å². The van der Waals surface area contributed by atoms with Gasteiger partial charge in [-0.25, -0.2) is 15.2 Å². The summed E-state index contributed by atoms with van der Waals surface area (Å²) in [5.74, 6) is -1.96. The third-order valence-electron chi connectivity index (χ3n) is 4.22. The molecule has 0 saturated heterocycles. The maximum absolute atomic E-state index is 12.7. The number of rotatable bonds is 8. The van der Waals surface area contributed by atoms with E-state index < -0.39 is 27.7 Å². The van der Waals surface area contributed by atoms with Crippen LogP contribution in [0.2, 0.25) is 0 Å². The molecule has 13 heteroatoms. The zero-order valence-corrected chi connectivity index (χ0v) is 15.6. The van der Waals surface area contributed by atoms with E-state index in [4.69, 9.17) is 9.94 Å². The molecule has 1 aliphatic heterocycles. The number of allylic oxidation sites excluding steroid dienone is 3. The van der Waals surface area contributed by atoms with E-state index in [1.807, 2.05) is 0 Å². The Morgan fingerprint density at radius 3 is 2.38 bits per heavy atom. The van der Waals surface area contributed by atoms with Gasteiger partial charge in [-0.15, -0.1) is 0 Å². The molecular weight excluding hydrogens is 392 g/mol. The van der Waals surface area contributed by atoms with E-state index in [2.05, 4.69) is 10.2 Å². The van der Waals surface area contributed by atoms with E-state index in [1.54, 1.807) is 6.92 Å². The first kappa shape index (κ1) is 22.9. The van der Waals surface area contributed by atoms with Gasteiger partial charge in [-0.2, -0.15) is 20.5 Å². The van der Waals surface area contributed by atoms with Crippen LogP contribution in [-0.4, -0.2) is 34.8 Å². The summed E-state index contributed by atoms with van der Waals surface area (Å²) in [5.41, 5.74) is 0.700. The summed E-state index contributed by atoms with van der Waals surface area (Å²) in [4.78, 5) is 17.0. The van der Waals surface area contributed by atoms with Crippen LogP contribution in [0.25, 0.3) is 0 Å². The number of hydrogen-bond acceptors (Lipinski definition) is 10. The van der Waals surface area contributed by atoms with Crippen molar-refractivity contribution in [3.8, 4) is 0 Å². The van der Waals surface area contributed by atoms with Gasteiger partial charge >= 0.3 is 5.97 Å². The number of benzene rings is 1. The van der Waals surface area contributed by atoms with Crippen LogP contribution in [-0.2, 0) is 14.4 Å². The summed E-state index contributed by atoms with van der Waals surface area (Å²) < 4.78 is 5.04. The van der Waals surface area contributed by atoms with E-state index in [0.717, 1.165) is 0 Å². The fourth-order valence-electron chi connectivity index (χ4n) is 3.07. The molecule has 7 N–H and O–H groups in total. The molecule has 0 spiro atoms. The van der Waals surface area contributed by atoms with Crippen molar-refractivity contribution in [3.63, 3.8) is 0 Å². The molecule has 0 bridgehead atoms. The summed E-state index contributed by atoms with van der Waals surface area (Å²) in [6.07, 6.45) is 0. The van der Waals surface area contributed by atoms with Crippen LogP contribution >= 0.6 is 0 Å². The zero-order valence-electron chi connectivity index (χ0n) is 15.6. The SMILES string of the molecule is CC1=C(C(=O)OCCO[NH+]([O-])O)[C@H](c2cccc([NH+]([O-])O)c2)C([NH+]([O-])O)=C(C)N1. The Bertz CT molecular complexity index is 807. The van der Waals surface area contributed by atoms with Crippen molar-refractivity contribution < 1.29 is 45.8 Å². The highest BCUT2D eigenvalue weighted by Crippen LogP contribution is 2.36. The third-order valence-corrected chi connectivity index (χ3v) is 4.22. The Hall–Kier alpha value is -2.43. The third kappa shape index (κ3) is 5.55. The summed E-state index contributed by atoms with van der Waals surface area (Å²) in [7, 11) is 0. The lowest BCUT2D eigenvalue weighted by molar-refractivity contribution is -1.21. The Morgan fingerprint density at radius 1 is 1.10 bits per heavy atom. The fraction of sp³-hybridized carbons (Fsp3) is 0.312. The van der Waals surface area contributed by atoms with Crippen LogP contribution in [0.1, 0.15) is 25.3 Å². The predicted octanol–water partition coefficient (Wildman–Crippen LogP) is -2.70. The van der Waals surface area contributed by atoms with Crippen molar-refractivity contribution in [3.05, 3.63) is 68.1 Å². The lowest BCUT2D eigenvalue weighted by Crippen LogP contribution is -3.03. The highest BCUT2D eigenvalue weighted by molar-refractivity contribution is 5.92. The number of carbonyl (C=O) groups excluding carboxylic acids is 1. The van der Waals surface area contributed by atoms with Crippen molar-refractivity contribution in [2.45, 2.75) is 19.8 Å². The van der Waals surface area contributed by atoms with E-state index in [1.165, 1.54) is 31.2 Å². The van der Waals surface area contributed by atoms with Crippen molar-refractivity contribution in [1.82, 2.24) is 5.32 Å². The zero-order chi connectivity index (χ0) is 21.7. The molecule has 1 aromatic carbocycles. The molecule has 29 heavy (non-hydrogen) atoms. The average molecular weight is 414 g/mol. The van der Waals surface area contributed by atoms with Gasteiger partial charge < -0.3 is 25.7 Å². The van der Waals surface area contributed by atoms with Gasteiger partial charge in [0.05, 0.1) is 17.2 Å². The molecule has 1 heterocycles. The van der Waals surface area contributed by atoms with Gasteiger partial charge in [0.1, 0.15) is 13.2 Å². The number of esters is 1. The minimum Gasteiger partial charge on any atom is -0.595 e. The Balaban J connectivity index is 2.42. The molecule has 1 aliphatic rings. The van der Waals surface area contributed by atoms with Crippen molar-refractivity contribution in [1.29, 1.82) is 0 Å². The molecule has 0 aromatic heterocycles. The Kier molecular flexibility index (Phi) is 7.77. The highest BCUT2D eigenvalue weighted by Gasteiger charge is 2.38. The summed E-state index contributed by atoms with van der Waals surface area (Å²) in [6.45, 7) is 2.33. The molecule has 0 radical (unpaired) electrons. The maximum atomic E-state index is 12.7. The summed E-state index contributed by atoms with van der Waals surface area (Å²) >= 11 is 0. The first-order chi connectivity index (χ1) is 13.6. The monoisotopic (exact) mass is 414 g/mol. The minimum absolute atomic E-state index is 0.0223. The van der Waals surface area contributed by atoms with Gasteiger partial charge in [0.2, 0.25) is 0 Å². The summed E-state index contributed by atoms with van der Waals surface area (Å²) in [6, 6.07) is 5.62. The van der Waals surface area contributed by atoms with Crippen LogP contribution in [0.4, 0.5) is 5.69 Å². The molecule has 0 amide bonds. The van der Waals surface area contributed by atoms with Gasteiger partial charge in [0, 0.05) is 17.8 Å².